The van der Waals surface area contributed by atoms with Crippen molar-refractivity contribution in [1.82, 2.24) is 5.32 Å². The van der Waals surface area contributed by atoms with Crippen LogP contribution in [-0.2, 0) is 15.7 Å². The van der Waals surface area contributed by atoms with E-state index in [1.54, 1.807) is 30.3 Å². The number of hydrogen-bond acceptors (Lipinski definition) is 3. The van der Waals surface area contributed by atoms with Gasteiger partial charge >= 0.3 is 6.18 Å². The van der Waals surface area contributed by atoms with Gasteiger partial charge in [0.15, 0.2) is 0 Å². The molecule has 0 aromatic heterocycles. The van der Waals surface area contributed by atoms with Crippen molar-refractivity contribution in [3.8, 4) is 0 Å². The maximum absolute atomic E-state index is 12.9. The summed E-state index contributed by atoms with van der Waals surface area (Å²) in [4.78, 5) is 12.7. The van der Waals surface area contributed by atoms with Crippen molar-refractivity contribution in [2.45, 2.75) is 12.2 Å². The monoisotopic (exact) mass is 386 g/mol. The molecule has 0 spiro atoms. The second-order valence-electron chi connectivity index (χ2n) is 5.47. The molecule has 0 bridgehead atoms. The third-order valence-electron chi connectivity index (χ3n) is 3.60. The van der Waals surface area contributed by atoms with Gasteiger partial charge in [-0.3, -0.25) is 10.1 Å². The highest BCUT2D eigenvalue weighted by atomic mass is 35.5. The molecule has 8 heteroatoms. The summed E-state index contributed by atoms with van der Waals surface area (Å²) < 4.78 is 43.6. The van der Waals surface area contributed by atoms with Crippen LogP contribution in [0.4, 0.5) is 18.9 Å². The Morgan fingerprint density at radius 3 is 2.50 bits per heavy atom. The number of amides is 1. The van der Waals surface area contributed by atoms with Gasteiger partial charge in [-0.2, -0.15) is 13.2 Å². The third kappa shape index (κ3) is 5.45. The molecule has 0 fully saturated rings. The van der Waals surface area contributed by atoms with E-state index in [1.807, 2.05) is 0 Å². The van der Waals surface area contributed by atoms with Crippen LogP contribution in [0.25, 0.3) is 0 Å². The first kappa shape index (κ1) is 20.2. The van der Waals surface area contributed by atoms with Crippen LogP contribution in [0.2, 0.25) is 5.02 Å². The molecular weight excluding hydrogens is 369 g/mol. The molecule has 26 heavy (non-hydrogen) atoms. The summed E-state index contributed by atoms with van der Waals surface area (Å²) in [6.45, 7) is 0.765. The Bertz CT molecular complexity index is 739. The van der Waals surface area contributed by atoms with Crippen LogP contribution >= 0.6 is 11.6 Å². The van der Waals surface area contributed by atoms with Gasteiger partial charge in [-0.15, -0.1) is 0 Å². The first-order valence-electron chi connectivity index (χ1n) is 7.78. The van der Waals surface area contributed by atoms with Gasteiger partial charge in [-0.25, -0.2) is 0 Å². The van der Waals surface area contributed by atoms with E-state index >= 15 is 0 Å². The Labute approximate surface area is 154 Å². The number of hydrogen-bond donors (Lipinski definition) is 2. The molecule has 0 saturated carbocycles. The molecule has 1 atom stereocenters. The first-order chi connectivity index (χ1) is 12.3. The highest BCUT2D eigenvalue weighted by Gasteiger charge is 2.31. The van der Waals surface area contributed by atoms with Crippen LogP contribution in [0.1, 0.15) is 17.2 Å². The van der Waals surface area contributed by atoms with E-state index in [0.29, 0.717) is 18.7 Å². The predicted octanol–water partition coefficient (Wildman–Crippen LogP) is 4.27. The van der Waals surface area contributed by atoms with Gasteiger partial charge in [0.05, 0.1) is 22.9 Å². The van der Waals surface area contributed by atoms with E-state index < -0.39 is 23.7 Å². The second kappa shape index (κ2) is 9.02. The van der Waals surface area contributed by atoms with Crippen molar-refractivity contribution in [3.05, 3.63) is 64.7 Å². The van der Waals surface area contributed by atoms with Crippen LogP contribution in [0.15, 0.2) is 48.5 Å². The Hall–Kier alpha value is -2.09. The van der Waals surface area contributed by atoms with Crippen molar-refractivity contribution < 1.29 is 22.7 Å². The lowest BCUT2D eigenvalue weighted by molar-refractivity contribution is -0.137. The molecular formula is C18H18ClF3N2O2. The van der Waals surface area contributed by atoms with Crippen LogP contribution < -0.4 is 10.6 Å². The topological polar surface area (TPSA) is 50.4 Å². The number of anilines is 1. The molecule has 0 aliphatic heterocycles. The molecule has 4 nitrogen and oxygen atoms in total. The standard InChI is InChI=1S/C18H18ClF3N2O2/c1-26-10-9-23-16(12-5-3-2-4-6-12)17(25)24-15-11-13(18(20,21)22)7-8-14(15)19/h2-8,11,16,23H,9-10H2,1H3,(H,24,25)/t16-/m1/s1. The molecule has 2 N–H and O–H groups in total. The number of halogens is 4. The first-order valence-corrected chi connectivity index (χ1v) is 8.15. The molecule has 2 aromatic carbocycles. The van der Waals surface area contributed by atoms with Gasteiger partial charge in [0.2, 0.25) is 5.91 Å². The average molecular weight is 387 g/mol. The van der Waals surface area contributed by atoms with Crippen molar-refractivity contribution in [1.29, 1.82) is 0 Å². The molecule has 0 aliphatic rings. The Balaban J connectivity index is 2.24. The van der Waals surface area contributed by atoms with Crippen LogP contribution in [-0.4, -0.2) is 26.2 Å². The predicted molar refractivity (Wildman–Crippen MR) is 94.1 cm³/mol. The summed E-state index contributed by atoms with van der Waals surface area (Å²) >= 11 is 5.95. The Morgan fingerprint density at radius 1 is 1.19 bits per heavy atom. The summed E-state index contributed by atoms with van der Waals surface area (Å²) in [6.07, 6.45) is -4.53. The minimum atomic E-state index is -4.53. The molecule has 1 amide bonds. The van der Waals surface area contributed by atoms with Crippen molar-refractivity contribution >= 4 is 23.2 Å². The molecule has 0 saturated heterocycles. The normalized spacial score (nSPS) is 12.7. The lowest BCUT2D eigenvalue weighted by Crippen LogP contribution is -2.35. The van der Waals surface area contributed by atoms with E-state index in [2.05, 4.69) is 10.6 Å². The highest BCUT2D eigenvalue weighted by Crippen LogP contribution is 2.34. The average Bonchev–Trinajstić information content (AvgIpc) is 2.60. The zero-order valence-electron chi connectivity index (χ0n) is 13.9. The fourth-order valence-corrected chi connectivity index (χ4v) is 2.48. The van der Waals surface area contributed by atoms with Gasteiger partial charge < -0.3 is 10.1 Å². The highest BCUT2D eigenvalue weighted by molar-refractivity contribution is 6.33. The molecule has 2 rings (SSSR count). The van der Waals surface area contributed by atoms with Gasteiger partial charge in [0.1, 0.15) is 6.04 Å². The van der Waals surface area contributed by atoms with Crippen molar-refractivity contribution in [3.63, 3.8) is 0 Å². The lowest BCUT2D eigenvalue weighted by Gasteiger charge is -2.20. The second-order valence-corrected chi connectivity index (χ2v) is 5.88. The SMILES string of the molecule is COCCN[C@@H](C(=O)Nc1cc(C(F)(F)F)ccc1Cl)c1ccccc1. The van der Waals surface area contributed by atoms with Crippen LogP contribution in [0, 0.1) is 0 Å². The summed E-state index contributed by atoms with van der Waals surface area (Å²) in [5.41, 5.74) is -0.314. The molecule has 0 heterocycles. The van der Waals surface area contributed by atoms with E-state index in [1.165, 1.54) is 7.11 Å². The largest absolute Gasteiger partial charge is 0.416 e. The lowest BCUT2D eigenvalue weighted by atomic mass is 10.1. The summed E-state index contributed by atoms with van der Waals surface area (Å²) in [6, 6.07) is 10.9. The van der Waals surface area contributed by atoms with E-state index in [-0.39, 0.29) is 10.7 Å². The van der Waals surface area contributed by atoms with Gasteiger partial charge in [0.25, 0.3) is 0 Å². The van der Waals surface area contributed by atoms with Crippen molar-refractivity contribution in [2.24, 2.45) is 0 Å². The number of methoxy groups -OCH3 is 1. The number of nitrogens with one attached hydrogen (secondary N) is 2. The van der Waals surface area contributed by atoms with Crippen LogP contribution in [0.3, 0.4) is 0 Å². The number of ether oxygens (including phenoxy) is 1. The minimum absolute atomic E-state index is 0.0232. The number of benzene rings is 2. The van der Waals surface area contributed by atoms with E-state index in [4.69, 9.17) is 16.3 Å². The fraction of sp³-hybridized carbons (Fsp3) is 0.278. The Kier molecular flexibility index (Phi) is 7.02. The molecule has 0 unspecified atom stereocenters. The molecule has 140 valence electrons. The fourth-order valence-electron chi connectivity index (χ4n) is 2.32. The molecule has 0 aliphatic carbocycles. The third-order valence-corrected chi connectivity index (χ3v) is 3.93. The summed E-state index contributed by atoms with van der Waals surface area (Å²) in [7, 11) is 1.53. The summed E-state index contributed by atoms with van der Waals surface area (Å²) in [5, 5.41) is 5.52. The van der Waals surface area contributed by atoms with Gasteiger partial charge in [-0.1, -0.05) is 41.9 Å². The number of carbonyl (C=O) groups excluding carboxylic acids is 1. The molecule has 2 aromatic rings. The van der Waals surface area contributed by atoms with Crippen molar-refractivity contribution in [2.75, 3.05) is 25.6 Å². The van der Waals surface area contributed by atoms with Gasteiger partial charge in [0, 0.05) is 13.7 Å². The smallest absolute Gasteiger partial charge is 0.383 e. The maximum Gasteiger partial charge on any atom is 0.416 e. The Morgan fingerprint density at radius 2 is 1.88 bits per heavy atom. The zero-order valence-corrected chi connectivity index (χ0v) is 14.7. The van der Waals surface area contributed by atoms with Crippen LogP contribution in [0.5, 0.6) is 0 Å². The zero-order chi connectivity index (χ0) is 19.2. The number of alkyl halides is 3. The van der Waals surface area contributed by atoms with E-state index in [9.17, 15) is 18.0 Å². The number of carbonyl (C=O) groups is 1. The molecule has 0 radical (unpaired) electrons. The van der Waals surface area contributed by atoms with Gasteiger partial charge in [-0.05, 0) is 23.8 Å². The maximum atomic E-state index is 12.9. The minimum Gasteiger partial charge on any atom is -0.383 e. The van der Waals surface area contributed by atoms with E-state index in [0.717, 1.165) is 18.2 Å². The quantitative estimate of drug-likeness (QED) is 0.698. The number of rotatable bonds is 7. The summed E-state index contributed by atoms with van der Waals surface area (Å²) in [5.74, 6) is -0.520.